The molecule has 0 spiro atoms. The highest BCUT2D eigenvalue weighted by Gasteiger charge is 2.22. The van der Waals surface area contributed by atoms with Crippen molar-refractivity contribution in [1.29, 1.82) is 0 Å². The van der Waals surface area contributed by atoms with Gasteiger partial charge >= 0.3 is 0 Å². The molecule has 1 rings (SSSR count). The Morgan fingerprint density at radius 2 is 1.93 bits per heavy atom. The average molecular weight is 199 g/mol. The molecule has 0 bridgehead atoms. The molecule has 1 aliphatic heterocycles. The van der Waals surface area contributed by atoms with E-state index in [2.05, 4.69) is 30.7 Å². The van der Waals surface area contributed by atoms with E-state index in [9.17, 15) is 0 Å². The predicted octanol–water partition coefficient (Wildman–Crippen LogP) is 0.750. The van der Waals surface area contributed by atoms with Gasteiger partial charge in [-0.2, -0.15) is 0 Å². The van der Waals surface area contributed by atoms with Crippen LogP contribution in [0.15, 0.2) is 0 Å². The summed E-state index contributed by atoms with van der Waals surface area (Å²) in [6, 6.07) is 1.45. The highest BCUT2D eigenvalue weighted by Crippen LogP contribution is 2.16. The standard InChI is InChI=1S/C11H25N3/c1-10(2)13(3)11-4-7-14(8-5-11)9-6-12/h10-11H,4-9,12H2,1-3H3. The summed E-state index contributed by atoms with van der Waals surface area (Å²) >= 11 is 0. The largest absolute Gasteiger partial charge is 0.329 e. The van der Waals surface area contributed by atoms with Crippen LogP contribution in [0.1, 0.15) is 26.7 Å². The van der Waals surface area contributed by atoms with E-state index in [1.54, 1.807) is 0 Å². The molecule has 2 N–H and O–H groups in total. The summed E-state index contributed by atoms with van der Waals surface area (Å²) in [4.78, 5) is 4.98. The molecular weight excluding hydrogens is 174 g/mol. The topological polar surface area (TPSA) is 32.5 Å². The molecule has 1 heterocycles. The first-order chi connectivity index (χ1) is 6.65. The van der Waals surface area contributed by atoms with Crippen LogP contribution in [0.25, 0.3) is 0 Å². The molecular formula is C11H25N3. The third-order valence-electron chi connectivity index (χ3n) is 3.39. The van der Waals surface area contributed by atoms with Crippen LogP contribution >= 0.6 is 0 Å². The van der Waals surface area contributed by atoms with Crippen LogP contribution in [-0.2, 0) is 0 Å². The summed E-state index contributed by atoms with van der Waals surface area (Å²) < 4.78 is 0. The molecule has 0 radical (unpaired) electrons. The molecule has 14 heavy (non-hydrogen) atoms. The number of rotatable bonds is 4. The Kier molecular flexibility index (Phi) is 4.85. The Morgan fingerprint density at radius 3 is 2.36 bits per heavy atom. The molecule has 3 heteroatoms. The lowest BCUT2D eigenvalue weighted by Gasteiger charge is -2.38. The van der Waals surface area contributed by atoms with Gasteiger partial charge in [0.15, 0.2) is 0 Å². The zero-order chi connectivity index (χ0) is 10.6. The molecule has 1 saturated heterocycles. The molecule has 0 saturated carbocycles. The summed E-state index contributed by atoms with van der Waals surface area (Å²) in [5.74, 6) is 0. The van der Waals surface area contributed by atoms with E-state index in [0.29, 0.717) is 6.04 Å². The van der Waals surface area contributed by atoms with Gasteiger partial charge in [-0.25, -0.2) is 0 Å². The second-order valence-electron chi connectivity index (χ2n) is 4.62. The Morgan fingerprint density at radius 1 is 1.36 bits per heavy atom. The summed E-state index contributed by atoms with van der Waals surface area (Å²) in [7, 11) is 2.24. The lowest BCUT2D eigenvalue weighted by Crippen LogP contribution is -2.46. The highest BCUT2D eigenvalue weighted by molar-refractivity contribution is 4.79. The van der Waals surface area contributed by atoms with Crippen LogP contribution in [0.2, 0.25) is 0 Å². The normalized spacial score (nSPS) is 21.0. The molecule has 1 fully saturated rings. The first-order valence-electron chi connectivity index (χ1n) is 5.79. The number of hydrogen-bond donors (Lipinski definition) is 1. The van der Waals surface area contributed by atoms with E-state index in [-0.39, 0.29) is 0 Å². The SMILES string of the molecule is CC(C)N(C)C1CCN(CCN)CC1. The van der Waals surface area contributed by atoms with Gasteiger partial charge in [0.1, 0.15) is 0 Å². The minimum Gasteiger partial charge on any atom is -0.329 e. The number of likely N-dealkylation sites (tertiary alicyclic amines) is 1. The maximum Gasteiger partial charge on any atom is 0.0119 e. The van der Waals surface area contributed by atoms with Crippen molar-refractivity contribution < 1.29 is 0 Å². The number of hydrogen-bond acceptors (Lipinski definition) is 3. The van der Waals surface area contributed by atoms with Crippen molar-refractivity contribution in [3.8, 4) is 0 Å². The Hall–Kier alpha value is -0.120. The van der Waals surface area contributed by atoms with Gasteiger partial charge in [-0.05, 0) is 46.8 Å². The minimum atomic E-state index is 0.668. The quantitative estimate of drug-likeness (QED) is 0.725. The highest BCUT2D eigenvalue weighted by atomic mass is 15.2. The molecule has 0 aromatic heterocycles. The van der Waals surface area contributed by atoms with E-state index >= 15 is 0 Å². The first-order valence-corrected chi connectivity index (χ1v) is 5.79. The summed E-state index contributed by atoms with van der Waals surface area (Å²) in [6.07, 6.45) is 2.60. The monoisotopic (exact) mass is 199 g/mol. The van der Waals surface area contributed by atoms with E-state index in [1.807, 2.05) is 0 Å². The summed E-state index contributed by atoms with van der Waals surface area (Å²) in [5.41, 5.74) is 5.55. The predicted molar refractivity (Wildman–Crippen MR) is 61.4 cm³/mol. The van der Waals surface area contributed by atoms with Gasteiger partial charge in [0.25, 0.3) is 0 Å². The third-order valence-corrected chi connectivity index (χ3v) is 3.39. The zero-order valence-corrected chi connectivity index (χ0v) is 9.87. The van der Waals surface area contributed by atoms with Crippen molar-refractivity contribution in [3.63, 3.8) is 0 Å². The van der Waals surface area contributed by atoms with E-state index < -0.39 is 0 Å². The van der Waals surface area contributed by atoms with Gasteiger partial charge in [-0.3, -0.25) is 0 Å². The molecule has 0 unspecified atom stereocenters. The van der Waals surface area contributed by atoms with Crippen LogP contribution in [0.4, 0.5) is 0 Å². The van der Waals surface area contributed by atoms with Gasteiger partial charge in [-0.1, -0.05) is 0 Å². The Balaban J connectivity index is 2.28. The van der Waals surface area contributed by atoms with Crippen molar-refractivity contribution in [3.05, 3.63) is 0 Å². The van der Waals surface area contributed by atoms with Gasteiger partial charge in [0, 0.05) is 25.2 Å². The van der Waals surface area contributed by atoms with Gasteiger partial charge in [-0.15, -0.1) is 0 Å². The molecule has 3 nitrogen and oxygen atoms in total. The fourth-order valence-electron chi connectivity index (χ4n) is 2.15. The number of nitrogens with two attached hydrogens (primary N) is 1. The van der Waals surface area contributed by atoms with Crippen LogP contribution in [0.5, 0.6) is 0 Å². The second kappa shape index (κ2) is 5.69. The van der Waals surface area contributed by atoms with Crippen molar-refractivity contribution in [1.82, 2.24) is 9.80 Å². The maximum absolute atomic E-state index is 5.55. The molecule has 0 aromatic carbocycles. The second-order valence-corrected chi connectivity index (χ2v) is 4.62. The Labute approximate surface area is 88.2 Å². The van der Waals surface area contributed by atoms with E-state index in [0.717, 1.165) is 19.1 Å². The zero-order valence-electron chi connectivity index (χ0n) is 9.87. The van der Waals surface area contributed by atoms with E-state index in [1.165, 1.54) is 25.9 Å². The fraction of sp³-hybridized carbons (Fsp3) is 1.00. The van der Waals surface area contributed by atoms with Gasteiger partial charge in [0.05, 0.1) is 0 Å². The number of nitrogens with zero attached hydrogens (tertiary/aromatic N) is 2. The fourth-order valence-corrected chi connectivity index (χ4v) is 2.15. The minimum absolute atomic E-state index is 0.668. The first kappa shape index (κ1) is 12.0. The van der Waals surface area contributed by atoms with Gasteiger partial charge < -0.3 is 15.5 Å². The van der Waals surface area contributed by atoms with Gasteiger partial charge in [0.2, 0.25) is 0 Å². The molecule has 0 aliphatic carbocycles. The van der Waals surface area contributed by atoms with Crippen molar-refractivity contribution in [2.45, 2.75) is 38.8 Å². The lowest BCUT2D eigenvalue weighted by molar-refractivity contribution is 0.109. The molecule has 0 amide bonds. The maximum atomic E-state index is 5.55. The van der Waals surface area contributed by atoms with Crippen LogP contribution in [-0.4, -0.2) is 55.1 Å². The smallest absolute Gasteiger partial charge is 0.0119 e. The molecule has 1 aliphatic rings. The third kappa shape index (κ3) is 3.23. The number of piperidine rings is 1. The average Bonchev–Trinajstić information content (AvgIpc) is 2.18. The van der Waals surface area contributed by atoms with Crippen molar-refractivity contribution >= 4 is 0 Å². The van der Waals surface area contributed by atoms with Crippen LogP contribution in [0, 0.1) is 0 Å². The lowest BCUT2D eigenvalue weighted by atomic mass is 10.0. The van der Waals surface area contributed by atoms with Crippen LogP contribution in [0.3, 0.4) is 0 Å². The summed E-state index contributed by atoms with van der Waals surface area (Å²) in [5, 5.41) is 0. The molecule has 84 valence electrons. The molecule has 0 atom stereocenters. The molecule has 0 aromatic rings. The van der Waals surface area contributed by atoms with Crippen molar-refractivity contribution in [2.75, 3.05) is 33.2 Å². The van der Waals surface area contributed by atoms with Crippen LogP contribution < -0.4 is 5.73 Å². The van der Waals surface area contributed by atoms with E-state index in [4.69, 9.17) is 5.73 Å². The van der Waals surface area contributed by atoms with Crippen molar-refractivity contribution in [2.24, 2.45) is 5.73 Å². The summed E-state index contributed by atoms with van der Waals surface area (Å²) in [6.45, 7) is 8.85. The Bertz CT molecular complexity index is 151.